The summed E-state index contributed by atoms with van der Waals surface area (Å²) in [6, 6.07) is 0. The van der Waals surface area contributed by atoms with Gasteiger partial charge in [0.15, 0.2) is 17.7 Å². The molecule has 0 radical (unpaired) electrons. The van der Waals surface area contributed by atoms with Crippen LogP contribution in [-0.4, -0.2) is 179 Å². The molecule has 3 fully saturated rings. The van der Waals surface area contributed by atoms with Crippen molar-refractivity contribution in [2.75, 3.05) is 35.2 Å². The first-order valence-corrected chi connectivity index (χ1v) is 47.5. The van der Waals surface area contributed by atoms with Crippen LogP contribution in [0.25, 0.3) is 0 Å². The molecule has 0 aromatic rings. The molecule has 0 atom stereocenters. The van der Waals surface area contributed by atoms with Crippen molar-refractivity contribution in [2.24, 2.45) is 78.7 Å². The molecular formula is C102H193N11O3S4. The molecule has 0 aromatic heterocycles. The SMILES string of the molecule is C=C1N(C)C(C)(C)C(C)(C)C(C)(C)N1C.C=C1OC(C)(C)C(C)(C)C(C)(C)N1C.C=C1OC(C)=NC(C)(C)C1(C)C.C=C1SC(C)(C)C(C)(C)C(C)(C)N1C.C=C1SC(C)=NC(C)(C)C1(C)C.CC1=NC(C)(C)C(C)(C)C(C)(C)N1C.CC1=NC(C)(C)C(C)(C)C(C)(C)O1.CC1=NC(C)(C)C(C)(C)C(C)(C)S1.CC1=NC(C)(C)C(C)(C)C(C)(C)S1. The number of nitrogens with zero attached hydrogens (tertiary/aromatic N) is 11. The summed E-state index contributed by atoms with van der Waals surface area (Å²) in [5.74, 6) is 5.32. The van der Waals surface area contributed by atoms with Gasteiger partial charge >= 0.3 is 0 Å². The van der Waals surface area contributed by atoms with Crippen LogP contribution < -0.4 is 0 Å². The molecule has 0 saturated carbocycles. The molecule has 3 saturated heterocycles. The van der Waals surface area contributed by atoms with E-state index in [0.717, 1.165) is 34.2 Å². The van der Waals surface area contributed by atoms with Crippen molar-refractivity contribution in [3.05, 3.63) is 60.3 Å². The first-order chi connectivity index (χ1) is 51.9. The molecule has 0 bridgehead atoms. The van der Waals surface area contributed by atoms with Crippen molar-refractivity contribution in [3.8, 4) is 0 Å². The minimum atomic E-state index is -0.180. The van der Waals surface area contributed by atoms with E-state index in [0.29, 0.717) is 5.90 Å². The Morgan fingerprint density at radius 1 is 0.267 bits per heavy atom. The van der Waals surface area contributed by atoms with Gasteiger partial charge in [0.1, 0.15) is 17.0 Å². The number of hydrogen-bond donors (Lipinski definition) is 0. The van der Waals surface area contributed by atoms with Crippen LogP contribution in [-0.2, 0) is 14.2 Å². The van der Waals surface area contributed by atoms with E-state index >= 15 is 0 Å². The van der Waals surface area contributed by atoms with Gasteiger partial charge < -0.3 is 38.7 Å². The van der Waals surface area contributed by atoms with Crippen LogP contribution in [0.5, 0.6) is 0 Å². The lowest BCUT2D eigenvalue weighted by molar-refractivity contribution is -0.195. The fourth-order valence-corrected chi connectivity index (χ4v) is 22.0. The minimum Gasteiger partial charge on any atom is -0.475 e. The van der Waals surface area contributed by atoms with Gasteiger partial charge in [-0.2, -0.15) is 0 Å². The number of aliphatic imine (C=N–C) groups is 6. The first kappa shape index (κ1) is 115. The highest BCUT2D eigenvalue weighted by Gasteiger charge is 2.61. The smallest absolute Gasteiger partial charge is 0.187 e. The van der Waals surface area contributed by atoms with E-state index < -0.39 is 0 Å². The van der Waals surface area contributed by atoms with Crippen molar-refractivity contribution in [1.29, 1.82) is 0 Å². The van der Waals surface area contributed by atoms with Gasteiger partial charge in [0.2, 0.25) is 0 Å². The summed E-state index contributed by atoms with van der Waals surface area (Å²) in [5.41, 5.74) is 1.30. The first-order valence-electron chi connectivity index (χ1n) is 44.3. The molecule has 0 amide bonds. The maximum absolute atomic E-state index is 5.87. The Morgan fingerprint density at radius 2 is 0.567 bits per heavy atom. The molecule has 120 heavy (non-hydrogen) atoms. The number of ether oxygens (including phenoxy) is 3. The Kier molecular flexibility index (Phi) is 33.6. The Morgan fingerprint density at radius 3 is 0.917 bits per heavy atom. The third kappa shape index (κ3) is 20.9. The van der Waals surface area contributed by atoms with Crippen LogP contribution in [0, 0.1) is 48.7 Å². The van der Waals surface area contributed by atoms with Crippen molar-refractivity contribution >= 4 is 79.8 Å². The van der Waals surface area contributed by atoms with Gasteiger partial charge in [-0.15, -0.1) is 35.3 Å². The Bertz CT molecular complexity index is 3660. The Hall–Kier alpha value is -3.48. The van der Waals surface area contributed by atoms with E-state index in [2.05, 4.69) is 468 Å². The van der Waals surface area contributed by atoms with Crippen molar-refractivity contribution in [1.82, 2.24) is 24.5 Å². The van der Waals surface area contributed by atoms with Crippen molar-refractivity contribution in [3.63, 3.8) is 0 Å². The summed E-state index contributed by atoms with van der Waals surface area (Å²) in [4.78, 5) is 40.4. The predicted octanol–water partition coefficient (Wildman–Crippen LogP) is 29.3. The van der Waals surface area contributed by atoms with E-state index in [1.807, 2.05) is 63.1 Å². The van der Waals surface area contributed by atoms with E-state index in [9.17, 15) is 0 Å². The fourth-order valence-electron chi connectivity index (χ4n) is 16.3. The van der Waals surface area contributed by atoms with Crippen molar-refractivity contribution < 1.29 is 14.2 Å². The van der Waals surface area contributed by atoms with Crippen LogP contribution in [0.2, 0.25) is 0 Å². The molecule has 698 valence electrons. The van der Waals surface area contributed by atoms with E-state index in [1.165, 1.54) is 20.0 Å². The normalized spacial score (nSPS) is 28.4. The third-order valence-electron chi connectivity index (χ3n) is 37.1. The van der Waals surface area contributed by atoms with Gasteiger partial charge in [-0.3, -0.25) is 20.0 Å². The largest absolute Gasteiger partial charge is 0.475 e. The van der Waals surface area contributed by atoms with Crippen LogP contribution in [0.1, 0.15) is 388 Å². The van der Waals surface area contributed by atoms with E-state index in [-0.39, 0.29) is 135 Å². The number of thioether (sulfide) groups is 4. The predicted molar refractivity (Wildman–Crippen MR) is 546 cm³/mol. The standard InChI is InChI=1S/C13H26N2.C12H24N2.C12H23NO.C12H23NS.C11H21NO.2C11H21NS.C10H17NO.C10H17NS/c1-10-14(8)12(4,5)11(2,3)13(6,7)15(10)9;1-9-13-11(4,5)10(2,3)12(6,7)14(9)8;2*1-9-13(8)11(4,5)10(2,3)12(6,7)14-9;3*1-8-12-10(4,5)9(2,3)11(6,7)13-8;2*1-7-9(3,4)10(5,6)11-8(2)12-7/h1H2,2-9H3;1-8H3;2*1H2,2-8H3;3*1-7H3;2*1H2,2-6H3. The van der Waals surface area contributed by atoms with Gasteiger partial charge in [0, 0.05) is 140 Å². The van der Waals surface area contributed by atoms with Crippen LogP contribution in [0.15, 0.2) is 90.2 Å². The second kappa shape index (κ2) is 35.2. The maximum Gasteiger partial charge on any atom is 0.187 e. The topological polar surface area (TPSA) is 118 Å². The fraction of sp³-hybridized carbons (Fsp3) is 0.843. The van der Waals surface area contributed by atoms with Crippen LogP contribution >= 0.6 is 47.0 Å². The second-order valence-electron chi connectivity index (χ2n) is 48.7. The monoisotopic (exact) mass is 1750 g/mol. The van der Waals surface area contributed by atoms with Crippen LogP contribution in [0.4, 0.5) is 0 Å². The number of rotatable bonds is 0. The average Bonchev–Trinajstić information content (AvgIpc) is 0.725. The lowest BCUT2D eigenvalue weighted by atomic mass is 9.60. The zero-order valence-corrected chi connectivity index (χ0v) is 93.6. The lowest BCUT2D eigenvalue weighted by Gasteiger charge is -2.65. The molecular weight excluding hydrogens is 1560 g/mol. The van der Waals surface area contributed by atoms with Crippen molar-refractivity contribution in [2.45, 2.75) is 474 Å². The zero-order chi connectivity index (χ0) is 96.9. The Balaban J connectivity index is 0.000000675. The molecule has 0 spiro atoms. The summed E-state index contributed by atoms with van der Waals surface area (Å²) < 4.78 is 17.8. The summed E-state index contributed by atoms with van der Waals surface area (Å²) in [6.45, 7) is 145. The molecule has 18 heteroatoms. The molecule has 9 aliphatic heterocycles. The average molecular weight is 1750 g/mol. The summed E-state index contributed by atoms with van der Waals surface area (Å²) in [6.07, 6.45) is 0. The lowest BCUT2D eigenvalue weighted by Crippen LogP contribution is -2.71. The molecule has 9 aliphatic rings. The quantitative estimate of drug-likeness (QED) is 0.230. The third-order valence-corrected chi connectivity index (χ3v) is 42.6. The second-order valence-corrected chi connectivity index (χ2v) is 55.3. The molecule has 0 N–H and O–H groups in total. The van der Waals surface area contributed by atoms with Crippen LogP contribution in [0.3, 0.4) is 0 Å². The van der Waals surface area contributed by atoms with E-state index in [1.54, 1.807) is 11.8 Å². The summed E-state index contributed by atoms with van der Waals surface area (Å²) in [7, 11) is 10.6. The molecule has 0 aromatic carbocycles. The summed E-state index contributed by atoms with van der Waals surface area (Å²) in [5, 5.41) is 4.74. The van der Waals surface area contributed by atoms with Gasteiger partial charge in [-0.25, -0.2) is 9.98 Å². The molecule has 0 unspecified atom stereocenters. The number of amidine groups is 1. The molecule has 0 aliphatic carbocycles. The Labute approximate surface area is 761 Å². The van der Waals surface area contributed by atoms with Gasteiger partial charge in [-0.1, -0.05) is 163 Å². The van der Waals surface area contributed by atoms with Gasteiger partial charge in [0.25, 0.3) is 0 Å². The minimum absolute atomic E-state index is 0.00704. The van der Waals surface area contributed by atoms with Gasteiger partial charge in [0.05, 0.1) is 65.1 Å². The number of hydrogen-bond acceptors (Lipinski definition) is 18. The molecule has 9 rings (SSSR count). The highest BCUT2D eigenvalue weighted by Crippen LogP contribution is 2.61. The maximum atomic E-state index is 5.87. The molecule has 14 nitrogen and oxygen atoms in total. The molecule has 9 heterocycles. The highest BCUT2D eigenvalue weighted by atomic mass is 32.2. The van der Waals surface area contributed by atoms with Gasteiger partial charge in [-0.05, 0) is 261 Å². The zero-order valence-electron chi connectivity index (χ0n) is 90.3. The van der Waals surface area contributed by atoms with E-state index in [4.69, 9.17) is 29.2 Å². The highest BCUT2D eigenvalue weighted by molar-refractivity contribution is 8.17. The summed E-state index contributed by atoms with van der Waals surface area (Å²) >= 11 is 7.40.